The fraction of sp³-hybridized carbons (Fsp3) is 0.182. The van der Waals surface area contributed by atoms with Crippen LogP contribution in [0, 0.1) is 0 Å². The van der Waals surface area contributed by atoms with Crippen molar-refractivity contribution in [3.63, 3.8) is 0 Å². The molecule has 2 amide bonds. The molecule has 5 nitrogen and oxygen atoms in total. The second-order valence-electron chi connectivity index (χ2n) is 7.29. The molecule has 0 unspecified atom stereocenters. The summed E-state index contributed by atoms with van der Waals surface area (Å²) < 4.78 is 6.06. The van der Waals surface area contributed by atoms with Crippen LogP contribution in [0.3, 0.4) is 0 Å². The minimum atomic E-state index is -0.413. The normalized spacial score (nSPS) is 11.0. The van der Waals surface area contributed by atoms with Gasteiger partial charge in [0.15, 0.2) is 0 Å². The van der Waals surface area contributed by atoms with Crippen molar-refractivity contribution in [2.75, 3.05) is 10.6 Å². The van der Waals surface area contributed by atoms with Gasteiger partial charge in [-0.25, -0.2) is 9.78 Å². The van der Waals surface area contributed by atoms with Crippen molar-refractivity contribution in [2.45, 2.75) is 26.2 Å². The van der Waals surface area contributed by atoms with Crippen LogP contribution in [-0.4, -0.2) is 11.0 Å². The first-order valence-electron chi connectivity index (χ1n) is 8.89. The van der Waals surface area contributed by atoms with E-state index >= 15 is 0 Å². The molecule has 0 saturated carbocycles. The molecular formula is C22H22ClN3O2. The molecular weight excluding hydrogens is 374 g/mol. The van der Waals surface area contributed by atoms with Crippen molar-refractivity contribution in [1.29, 1.82) is 0 Å². The summed E-state index contributed by atoms with van der Waals surface area (Å²) in [6, 6.07) is 17.8. The smallest absolute Gasteiger partial charge is 0.323 e. The van der Waals surface area contributed by atoms with Gasteiger partial charge in [-0.1, -0.05) is 56.6 Å². The number of aromatic nitrogens is 1. The summed E-state index contributed by atoms with van der Waals surface area (Å²) >= 11 is 5.95. The predicted octanol–water partition coefficient (Wildman–Crippen LogP) is 6.47. The van der Waals surface area contributed by atoms with E-state index in [2.05, 4.69) is 36.4 Å². The van der Waals surface area contributed by atoms with Crippen LogP contribution in [0.5, 0.6) is 11.6 Å². The second kappa shape index (κ2) is 8.31. The summed E-state index contributed by atoms with van der Waals surface area (Å²) in [6.45, 7) is 6.35. The van der Waals surface area contributed by atoms with E-state index in [0.29, 0.717) is 28.0 Å². The van der Waals surface area contributed by atoms with Crippen molar-refractivity contribution in [1.82, 2.24) is 4.98 Å². The van der Waals surface area contributed by atoms with E-state index < -0.39 is 6.03 Å². The van der Waals surface area contributed by atoms with E-state index in [0.717, 1.165) is 5.56 Å². The van der Waals surface area contributed by atoms with Crippen LogP contribution in [0.1, 0.15) is 26.3 Å². The number of pyridine rings is 1. The molecule has 0 aliphatic rings. The van der Waals surface area contributed by atoms with Gasteiger partial charge in [-0.05, 0) is 41.8 Å². The highest BCUT2D eigenvalue weighted by Crippen LogP contribution is 2.35. The van der Waals surface area contributed by atoms with Gasteiger partial charge in [-0.2, -0.15) is 0 Å². The number of nitrogens with one attached hydrogen (secondary N) is 2. The quantitative estimate of drug-likeness (QED) is 0.532. The molecule has 144 valence electrons. The lowest BCUT2D eigenvalue weighted by molar-refractivity contribution is 0.262. The topological polar surface area (TPSA) is 63.2 Å². The number of para-hydroxylation sites is 1. The molecule has 6 heteroatoms. The zero-order valence-corrected chi connectivity index (χ0v) is 16.7. The Kier molecular flexibility index (Phi) is 5.85. The molecule has 0 aliphatic heterocycles. The van der Waals surface area contributed by atoms with Crippen LogP contribution >= 0.6 is 11.6 Å². The SMILES string of the molecule is CC(C)(C)c1ccccc1Oc1ncccc1NC(=O)Nc1cccc(Cl)c1. The van der Waals surface area contributed by atoms with Gasteiger partial charge < -0.3 is 15.4 Å². The first-order valence-corrected chi connectivity index (χ1v) is 9.27. The van der Waals surface area contributed by atoms with E-state index in [-0.39, 0.29) is 5.41 Å². The van der Waals surface area contributed by atoms with Crippen LogP contribution in [0.25, 0.3) is 0 Å². The standard InChI is InChI=1S/C22H22ClN3O2/c1-22(2,3)17-10-4-5-12-19(17)28-20-18(11-7-13-24-20)26-21(27)25-16-9-6-8-15(23)14-16/h4-14H,1-3H3,(H2,25,26,27). The number of urea groups is 1. The molecule has 1 aromatic heterocycles. The second-order valence-corrected chi connectivity index (χ2v) is 7.73. The molecule has 3 rings (SSSR count). The third kappa shape index (κ3) is 5.02. The molecule has 1 heterocycles. The molecule has 0 saturated heterocycles. The third-order valence-corrected chi connectivity index (χ3v) is 4.24. The van der Waals surface area contributed by atoms with Gasteiger partial charge in [0.25, 0.3) is 0 Å². The highest BCUT2D eigenvalue weighted by molar-refractivity contribution is 6.30. The summed E-state index contributed by atoms with van der Waals surface area (Å²) in [5.74, 6) is 1.02. The number of rotatable bonds is 4. The molecule has 0 spiro atoms. The molecule has 0 bridgehead atoms. The lowest BCUT2D eigenvalue weighted by atomic mass is 9.86. The van der Waals surface area contributed by atoms with Crippen molar-refractivity contribution in [3.05, 3.63) is 77.4 Å². The Morgan fingerprint density at radius 1 is 1.00 bits per heavy atom. The van der Waals surface area contributed by atoms with E-state index in [9.17, 15) is 4.79 Å². The maximum atomic E-state index is 12.4. The average molecular weight is 396 g/mol. The minimum absolute atomic E-state index is 0.0943. The number of nitrogens with zero attached hydrogens (tertiary/aromatic N) is 1. The molecule has 2 aromatic carbocycles. The molecule has 0 radical (unpaired) electrons. The Morgan fingerprint density at radius 3 is 2.54 bits per heavy atom. The Morgan fingerprint density at radius 2 is 1.79 bits per heavy atom. The van der Waals surface area contributed by atoms with E-state index in [1.54, 1.807) is 42.6 Å². The van der Waals surface area contributed by atoms with Crippen molar-refractivity contribution in [2.24, 2.45) is 0 Å². The molecule has 3 aromatic rings. The lowest BCUT2D eigenvalue weighted by Crippen LogP contribution is -2.20. The van der Waals surface area contributed by atoms with Crippen molar-refractivity contribution in [3.8, 4) is 11.6 Å². The number of anilines is 2. The van der Waals surface area contributed by atoms with Gasteiger partial charge in [0.2, 0.25) is 5.88 Å². The molecule has 2 N–H and O–H groups in total. The highest BCUT2D eigenvalue weighted by atomic mass is 35.5. The summed E-state index contributed by atoms with van der Waals surface area (Å²) in [4.78, 5) is 16.7. The zero-order valence-electron chi connectivity index (χ0n) is 16.0. The van der Waals surface area contributed by atoms with Gasteiger partial charge in [-0.15, -0.1) is 0 Å². The van der Waals surface area contributed by atoms with Crippen LogP contribution in [-0.2, 0) is 5.41 Å². The van der Waals surface area contributed by atoms with E-state index in [1.165, 1.54) is 0 Å². The fourth-order valence-electron chi connectivity index (χ4n) is 2.70. The van der Waals surface area contributed by atoms with Gasteiger partial charge in [-0.3, -0.25) is 0 Å². The molecule has 0 fully saturated rings. The Balaban J connectivity index is 1.80. The Hall–Kier alpha value is -3.05. The first kappa shape index (κ1) is 19.7. The van der Waals surface area contributed by atoms with E-state index in [4.69, 9.17) is 16.3 Å². The number of ether oxygens (including phenoxy) is 1. The van der Waals surface area contributed by atoms with Crippen LogP contribution in [0.4, 0.5) is 16.2 Å². The van der Waals surface area contributed by atoms with Gasteiger partial charge in [0.1, 0.15) is 11.4 Å². The number of carbonyl (C=O) groups is 1. The average Bonchev–Trinajstić information content (AvgIpc) is 2.63. The summed E-state index contributed by atoms with van der Waals surface area (Å²) in [7, 11) is 0. The third-order valence-electron chi connectivity index (χ3n) is 4.00. The van der Waals surface area contributed by atoms with Gasteiger partial charge in [0, 0.05) is 22.5 Å². The number of halogens is 1. The monoisotopic (exact) mass is 395 g/mol. The Labute approximate surface area is 169 Å². The lowest BCUT2D eigenvalue weighted by Gasteiger charge is -2.22. The van der Waals surface area contributed by atoms with Crippen LogP contribution in [0.2, 0.25) is 5.02 Å². The maximum Gasteiger partial charge on any atom is 0.323 e. The maximum absolute atomic E-state index is 12.4. The summed E-state index contributed by atoms with van der Waals surface area (Å²) in [5, 5.41) is 6.06. The van der Waals surface area contributed by atoms with Gasteiger partial charge >= 0.3 is 6.03 Å². The van der Waals surface area contributed by atoms with Crippen LogP contribution in [0.15, 0.2) is 66.9 Å². The fourth-order valence-corrected chi connectivity index (χ4v) is 2.89. The summed E-state index contributed by atoms with van der Waals surface area (Å²) in [6.07, 6.45) is 1.62. The summed E-state index contributed by atoms with van der Waals surface area (Å²) in [5.41, 5.74) is 2.01. The van der Waals surface area contributed by atoms with Gasteiger partial charge in [0.05, 0.1) is 0 Å². The zero-order chi connectivity index (χ0) is 20.1. The van der Waals surface area contributed by atoms with Crippen LogP contribution < -0.4 is 15.4 Å². The Bertz CT molecular complexity index is 983. The number of carbonyl (C=O) groups excluding carboxylic acids is 1. The number of amides is 2. The predicted molar refractivity (Wildman–Crippen MR) is 114 cm³/mol. The first-order chi connectivity index (χ1) is 13.3. The number of benzene rings is 2. The van der Waals surface area contributed by atoms with Crippen molar-refractivity contribution < 1.29 is 9.53 Å². The largest absolute Gasteiger partial charge is 0.437 e. The molecule has 28 heavy (non-hydrogen) atoms. The minimum Gasteiger partial charge on any atom is -0.437 e. The van der Waals surface area contributed by atoms with E-state index in [1.807, 2.05) is 24.3 Å². The number of hydrogen-bond donors (Lipinski definition) is 2. The number of hydrogen-bond acceptors (Lipinski definition) is 3. The highest BCUT2D eigenvalue weighted by Gasteiger charge is 2.20. The molecule has 0 aliphatic carbocycles. The van der Waals surface area contributed by atoms with Crippen molar-refractivity contribution >= 4 is 29.0 Å². The molecule has 0 atom stereocenters.